The zero-order valence-corrected chi connectivity index (χ0v) is 28.1. The molecular formula is C38H68O4. The fourth-order valence-corrected chi connectivity index (χ4v) is 5.72. The maximum Gasteiger partial charge on any atom is 0.342 e. The van der Waals surface area contributed by atoms with Crippen LogP contribution in [-0.2, 0) is 11.2 Å². The van der Waals surface area contributed by atoms with Gasteiger partial charge in [0.15, 0.2) is 0 Å². The molecule has 0 aliphatic heterocycles. The minimum absolute atomic E-state index is 0.171. The van der Waals surface area contributed by atoms with Gasteiger partial charge in [-0.1, -0.05) is 162 Å². The van der Waals surface area contributed by atoms with E-state index in [9.17, 15) is 9.90 Å². The second-order valence-corrected chi connectivity index (χ2v) is 12.5. The van der Waals surface area contributed by atoms with Crippen LogP contribution in [0.3, 0.4) is 0 Å². The Morgan fingerprint density at radius 1 is 0.548 bits per heavy atom. The fourth-order valence-electron chi connectivity index (χ4n) is 5.72. The van der Waals surface area contributed by atoms with Crippen molar-refractivity contribution in [2.24, 2.45) is 0 Å². The summed E-state index contributed by atoms with van der Waals surface area (Å²) in [5.74, 6) is 0.359. The summed E-state index contributed by atoms with van der Waals surface area (Å²) in [6, 6.07) is 3.35. The van der Waals surface area contributed by atoms with E-state index in [1.165, 1.54) is 122 Å². The van der Waals surface area contributed by atoms with Gasteiger partial charge in [0.1, 0.15) is 17.1 Å². The number of benzene rings is 1. The molecule has 1 N–H and O–H groups in total. The number of ether oxygens (including phenoxy) is 2. The van der Waals surface area contributed by atoms with Gasteiger partial charge < -0.3 is 14.6 Å². The Kier molecular flexibility index (Phi) is 25.6. The van der Waals surface area contributed by atoms with Gasteiger partial charge in [-0.2, -0.15) is 0 Å². The molecule has 0 saturated carbocycles. The third kappa shape index (κ3) is 20.2. The average molecular weight is 589 g/mol. The summed E-state index contributed by atoms with van der Waals surface area (Å²) in [4.78, 5) is 13.3. The predicted molar refractivity (Wildman–Crippen MR) is 180 cm³/mol. The normalized spacial score (nSPS) is 11.2. The Morgan fingerprint density at radius 3 is 1.43 bits per heavy atom. The summed E-state index contributed by atoms with van der Waals surface area (Å²) in [7, 11) is 0. The molecule has 0 atom stereocenters. The highest BCUT2D eigenvalue weighted by atomic mass is 16.5. The van der Waals surface area contributed by atoms with E-state index in [2.05, 4.69) is 20.8 Å². The summed E-state index contributed by atoms with van der Waals surface area (Å²) < 4.78 is 11.9. The van der Waals surface area contributed by atoms with Crippen LogP contribution in [0.25, 0.3) is 0 Å². The van der Waals surface area contributed by atoms with Crippen LogP contribution in [0, 0.1) is 0 Å². The van der Waals surface area contributed by atoms with Gasteiger partial charge in [0.2, 0.25) is 0 Å². The Morgan fingerprint density at radius 2 is 0.952 bits per heavy atom. The number of rotatable bonds is 30. The first-order chi connectivity index (χ1) is 20.6. The van der Waals surface area contributed by atoms with Gasteiger partial charge in [-0.25, -0.2) is 4.79 Å². The van der Waals surface area contributed by atoms with E-state index in [-0.39, 0.29) is 11.7 Å². The van der Waals surface area contributed by atoms with Crippen molar-refractivity contribution in [3.63, 3.8) is 0 Å². The van der Waals surface area contributed by atoms with Gasteiger partial charge in [0.05, 0.1) is 13.2 Å². The molecule has 0 aliphatic carbocycles. The Bertz CT molecular complexity index is 760. The van der Waals surface area contributed by atoms with Crippen LogP contribution in [0.2, 0.25) is 0 Å². The Labute approximate surface area is 260 Å². The molecule has 244 valence electrons. The van der Waals surface area contributed by atoms with Crippen LogP contribution in [0.4, 0.5) is 0 Å². The highest BCUT2D eigenvalue weighted by Gasteiger charge is 2.21. The van der Waals surface area contributed by atoms with E-state index in [0.29, 0.717) is 24.5 Å². The van der Waals surface area contributed by atoms with Crippen LogP contribution in [-0.4, -0.2) is 24.3 Å². The zero-order chi connectivity index (χ0) is 30.5. The number of esters is 1. The lowest BCUT2D eigenvalue weighted by Gasteiger charge is -2.16. The molecule has 0 heterocycles. The molecule has 0 spiro atoms. The van der Waals surface area contributed by atoms with Gasteiger partial charge in [0.25, 0.3) is 0 Å². The first-order valence-electron chi connectivity index (χ1n) is 18.3. The minimum Gasteiger partial charge on any atom is -0.508 e. The number of hydrogen-bond donors (Lipinski definition) is 1. The van der Waals surface area contributed by atoms with Gasteiger partial charge in [-0.15, -0.1) is 0 Å². The minimum atomic E-state index is -0.300. The molecule has 0 radical (unpaired) electrons. The Hall–Kier alpha value is -1.71. The zero-order valence-electron chi connectivity index (χ0n) is 28.1. The molecule has 4 nitrogen and oxygen atoms in total. The average Bonchev–Trinajstić information content (AvgIpc) is 2.98. The summed E-state index contributed by atoms with van der Waals surface area (Å²) >= 11 is 0. The monoisotopic (exact) mass is 589 g/mol. The van der Waals surface area contributed by atoms with Crippen molar-refractivity contribution in [2.75, 3.05) is 13.2 Å². The molecule has 42 heavy (non-hydrogen) atoms. The predicted octanol–water partition coefficient (Wildman–Crippen LogP) is 12.3. The van der Waals surface area contributed by atoms with E-state index in [4.69, 9.17) is 9.47 Å². The maximum absolute atomic E-state index is 13.3. The number of phenolic OH excluding ortho intramolecular Hbond substituents is 1. The smallest absolute Gasteiger partial charge is 0.342 e. The van der Waals surface area contributed by atoms with Gasteiger partial charge >= 0.3 is 5.97 Å². The first kappa shape index (κ1) is 38.3. The number of carbonyl (C=O) groups is 1. The van der Waals surface area contributed by atoms with Crippen molar-refractivity contribution in [3.05, 3.63) is 23.3 Å². The number of aryl methyl sites for hydroxylation is 1. The number of aromatic hydroxyl groups is 1. The van der Waals surface area contributed by atoms with E-state index in [1.54, 1.807) is 12.1 Å². The van der Waals surface area contributed by atoms with Crippen LogP contribution in [0.5, 0.6) is 11.5 Å². The molecule has 0 unspecified atom stereocenters. The third-order valence-electron chi connectivity index (χ3n) is 8.41. The molecule has 0 aromatic heterocycles. The number of phenols is 1. The van der Waals surface area contributed by atoms with Crippen LogP contribution < -0.4 is 4.74 Å². The molecule has 0 saturated heterocycles. The van der Waals surface area contributed by atoms with E-state index in [1.807, 2.05) is 0 Å². The van der Waals surface area contributed by atoms with E-state index in [0.717, 1.165) is 50.5 Å². The lowest BCUT2D eigenvalue weighted by atomic mass is 9.98. The van der Waals surface area contributed by atoms with Crippen LogP contribution in [0.15, 0.2) is 12.1 Å². The topological polar surface area (TPSA) is 55.8 Å². The van der Waals surface area contributed by atoms with Gasteiger partial charge in [-0.05, 0) is 37.3 Å². The van der Waals surface area contributed by atoms with Crippen molar-refractivity contribution >= 4 is 5.97 Å². The van der Waals surface area contributed by atoms with E-state index < -0.39 is 0 Å². The number of hydrogen-bond acceptors (Lipinski definition) is 4. The second kappa shape index (κ2) is 28.1. The maximum atomic E-state index is 13.3. The molecule has 1 aromatic rings. The van der Waals surface area contributed by atoms with Crippen molar-refractivity contribution in [1.29, 1.82) is 0 Å². The molecule has 4 heteroatoms. The molecule has 1 aromatic carbocycles. The third-order valence-corrected chi connectivity index (χ3v) is 8.41. The van der Waals surface area contributed by atoms with Crippen molar-refractivity contribution < 1.29 is 19.4 Å². The fraction of sp³-hybridized carbons (Fsp3) is 0.816. The van der Waals surface area contributed by atoms with Crippen molar-refractivity contribution in [2.45, 2.75) is 188 Å². The quantitative estimate of drug-likeness (QED) is 0.0717. The Balaban J connectivity index is 2.55. The molecule has 1 rings (SSSR count). The molecular weight excluding hydrogens is 520 g/mol. The molecule has 0 amide bonds. The van der Waals surface area contributed by atoms with Crippen LogP contribution in [0.1, 0.15) is 197 Å². The summed E-state index contributed by atoms with van der Waals surface area (Å²) in [5, 5.41) is 10.5. The van der Waals surface area contributed by atoms with Crippen molar-refractivity contribution in [3.8, 4) is 11.5 Å². The summed E-state index contributed by atoms with van der Waals surface area (Å²) in [5.41, 5.74) is 1.40. The molecule has 0 bridgehead atoms. The number of carbonyl (C=O) groups excluding carboxylic acids is 1. The van der Waals surface area contributed by atoms with Crippen molar-refractivity contribution in [1.82, 2.24) is 0 Å². The van der Waals surface area contributed by atoms with Gasteiger partial charge in [-0.3, -0.25) is 0 Å². The number of unbranched alkanes of at least 4 members (excludes halogenated alkanes) is 22. The lowest BCUT2D eigenvalue weighted by molar-refractivity contribution is 0.0491. The highest BCUT2D eigenvalue weighted by Crippen LogP contribution is 2.31. The molecule has 0 fully saturated rings. The first-order valence-corrected chi connectivity index (χ1v) is 18.3. The molecule has 0 aliphatic rings. The largest absolute Gasteiger partial charge is 0.508 e. The summed E-state index contributed by atoms with van der Waals surface area (Å²) in [6.07, 6.45) is 31.9. The SMILES string of the molecule is CCCCCCCCCCCCCCCc1cc(O)cc(OCCCCCCCC)c1C(=O)OCCCCCCCC. The highest BCUT2D eigenvalue weighted by molar-refractivity contribution is 5.94. The standard InChI is InChI=1S/C38H68O4/c1-4-7-10-13-16-17-18-19-20-21-22-23-26-29-34-32-35(39)33-36(41-30-27-24-14-11-8-5-2)37(34)38(40)42-31-28-25-15-12-9-6-3/h32-33,39H,4-31H2,1-3H3. The van der Waals surface area contributed by atoms with E-state index >= 15 is 0 Å². The van der Waals surface area contributed by atoms with Crippen LogP contribution >= 0.6 is 0 Å². The lowest BCUT2D eigenvalue weighted by Crippen LogP contribution is -2.13. The van der Waals surface area contributed by atoms with Gasteiger partial charge in [0, 0.05) is 6.07 Å². The summed E-state index contributed by atoms with van der Waals surface area (Å²) in [6.45, 7) is 7.74. The second-order valence-electron chi connectivity index (χ2n) is 12.5.